The summed E-state index contributed by atoms with van der Waals surface area (Å²) in [7, 11) is -1.84. The number of nitriles is 1. The van der Waals surface area contributed by atoms with Gasteiger partial charge < -0.3 is 4.90 Å². The number of nitrogens with zero attached hydrogens (tertiary/aromatic N) is 3. The lowest BCUT2D eigenvalue weighted by molar-refractivity contribution is -0.115. The van der Waals surface area contributed by atoms with Crippen molar-refractivity contribution >= 4 is 28.1 Å². The van der Waals surface area contributed by atoms with E-state index in [1.165, 1.54) is 65.6 Å². The number of carbonyl (C=O) groups is 2. The van der Waals surface area contributed by atoms with Gasteiger partial charge in [0, 0.05) is 42.1 Å². The molecule has 2 aromatic rings. The molecule has 4 rings (SSSR count). The number of amides is 2. The van der Waals surface area contributed by atoms with Crippen molar-refractivity contribution in [3.63, 3.8) is 0 Å². The SMILES string of the molecule is CN1C(=O)N(c2cccc(C(F)F)c2)C2=C(C(=O)CC2)C1c1ccc(C#N)cc1S(C)(O)O. The van der Waals surface area contributed by atoms with Gasteiger partial charge in [0.25, 0.3) is 6.43 Å². The number of ketones is 1. The second-order valence-electron chi connectivity index (χ2n) is 8.01. The number of carbonyl (C=O) groups excluding carboxylic acids is 2. The highest BCUT2D eigenvalue weighted by atomic mass is 32.3. The van der Waals surface area contributed by atoms with Crippen LogP contribution in [0.4, 0.5) is 19.3 Å². The van der Waals surface area contributed by atoms with Gasteiger partial charge in [0.2, 0.25) is 0 Å². The monoisotopic (exact) mass is 473 g/mol. The highest BCUT2D eigenvalue weighted by Gasteiger charge is 2.45. The van der Waals surface area contributed by atoms with Crippen molar-refractivity contribution < 1.29 is 27.5 Å². The number of halogens is 2. The van der Waals surface area contributed by atoms with Crippen LogP contribution in [0.5, 0.6) is 0 Å². The van der Waals surface area contributed by atoms with Crippen LogP contribution in [0.2, 0.25) is 0 Å². The number of alkyl halides is 2. The van der Waals surface area contributed by atoms with Gasteiger partial charge in [-0.25, -0.2) is 13.6 Å². The standard InChI is InChI=1S/C23H21F2N3O4S/c1-27-21(16-7-6-13(12-26)10-19(16)33(2,31)32)20-17(8-9-18(20)29)28(23(27)30)15-5-3-4-14(11-15)22(24)25/h3-7,10-11,21-22,31-32H,8-9H2,1-2H3. The predicted molar refractivity (Wildman–Crippen MR) is 119 cm³/mol. The molecule has 1 unspecified atom stereocenters. The summed E-state index contributed by atoms with van der Waals surface area (Å²) in [6.45, 7) is 0. The van der Waals surface area contributed by atoms with Crippen molar-refractivity contribution in [2.24, 2.45) is 0 Å². The van der Waals surface area contributed by atoms with Crippen molar-refractivity contribution in [3.8, 4) is 6.07 Å². The zero-order valence-electron chi connectivity index (χ0n) is 17.8. The van der Waals surface area contributed by atoms with Crippen LogP contribution < -0.4 is 4.90 Å². The smallest absolute Gasteiger partial charge is 0.316 e. The Balaban J connectivity index is 1.93. The fourth-order valence-corrected chi connectivity index (χ4v) is 5.35. The van der Waals surface area contributed by atoms with E-state index in [1.54, 1.807) is 0 Å². The highest BCUT2D eigenvalue weighted by molar-refractivity contribution is 8.23. The van der Waals surface area contributed by atoms with E-state index in [2.05, 4.69) is 0 Å². The molecule has 1 aliphatic carbocycles. The highest BCUT2D eigenvalue weighted by Crippen LogP contribution is 2.52. The third-order valence-corrected chi connectivity index (χ3v) is 7.04. The Hall–Kier alpha value is -3.26. The molecule has 0 bridgehead atoms. The second kappa shape index (κ2) is 8.26. The van der Waals surface area contributed by atoms with Crippen LogP contribution in [0, 0.1) is 11.3 Å². The molecule has 0 saturated carbocycles. The minimum absolute atomic E-state index is 0.0749. The molecule has 1 atom stereocenters. The van der Waals surface area contributed by atoms with Crippen LogP contribution in [0.3, 0.4) is 0 Å². The van der Waals surface area contributed by atoms with Crippen molar-refractivity contribution in [3.05, 3.63) is 70.4 Å². The van der Waals surface area contributed by atoms with E-state index in [1.807, 2.05) is 6.07 Å². The summed E-state index contributed by atoms with van der Waals surface area (Å²) in [6.07, 6.45) is -1.12. The average molecular weight is 474 g/mol. The van der Waals surface area contributed by atoms with Crippen molar-refractivity contribution in [2.75, 3.05) is 18.2 Å². The van der Waals surface area contributed by atoms with Gasteiger partial charge in [0.15, 0.2) is 5.78 Å². The third-order valence-electron chi connectivity index (χ3n) is 5.86. The van der Waals surface area contributed by atoms with Gasteiger partial charge in [-0.3, -0.25) is 18.8 Å². The van der Waals surface area contributed by atoms with E-state index in [0.29, 0.717) is 16.8 Å². The molecule has 172 valence electrons. The maximum atomic E-state index is 13.5. The first-order chi connectivity index (χ1) is 15.5. The Morgan fingerprint density at radius 3 is 2.52 bits per heavy atom. The molecule has 2 amide bonds. The lowest BCUT2D eigenvalue weighted by atomic mass is 9.92. The van der Waals surface area contributed by atoms with Gasteiger partial charge in [-0.05, 0) is 30.7 Å². The summed E-state index contributed by atoms with van der Waals surface area (Å²) in [6, 6.07) is 10.3. The minimum Gasteiger partial charge on any atom is -0.316 e. The normalized spacial score (nSPS) is 19.3. The largest absolute Gasteiger partial charge is 0.329 e. The number of rotatable bonds is 4. The Bertz CT molecular complexity index is 1230. The Morgan fingerprint density at radius 1 is 1.15 bits per heavy atom. The molecule has 2 aromatic carbocycles. The first kappa shape index (κ1) is 22.9. The Labute approximate surface area is 190 Å². The van der Waals surface area contributed by atoms with Gasteiger partial charge >= 0.3 is 6.03 Å². The molecule has 10 heteroatoms. The van der Waals surface area contributed by atoms with Crippen LogP contribution in [-0.4, -0.2) is 39.1 Å². The van der Waals surface area contributed by atoms with E-state index in [4.69, 9.17) is 0 Å². The summed E-state index contributed by atoms with van der Waals surface area (Å²) in [5.74, 6) is -0.216. The van der Waals surface area contributed by atoms with Crippen LogP contribution in [0.25, 0.3) is 0 Å². The lowest BCUT2D eigenvalue weighted by Gasteiger charge is -2.42. The maximum absolute atomic E-state index is 13.5. The van der Waals surface area contributed by atoms with Gasteiger partial charge in [-0.15, -0.1) is 0 Å². The Morgan fingerprint density at radius 2 is 1.88 bits per heavy atom. The van der Waals surface area contributed by atoms with E-state index >= 15 is 0 Å². The Kier molecular flexibility index (Phi) is 5.74. The molecule has 0 saturated heterocycles. The van der Waals surface area contributed by atoms with E-state index < -0.39 is 29.1 Å². The maximum Gasteiger partial charge on any atom is 0.329 e. The number of Topliss-reactive ketones (excluding diaryl/α,β-unsaturated/α-hetero) is 1. The average Bonchev–Trinajstić information content (AvgIpc) is 3.14. The third kappa shape index (κ3) is 3.88. The van der Waals surface area contributed by atoms with Crippen molar-refractivity contribution in [1.82, 2.24) is 4.90 Å². The van der Waals surface area contributed by atoms with Gasteiger partial charge in [-0.2, -0.15) is 15.9 Å². The quantitative estimate of drug-likeness (QED) is 0.613. The molecule has 1 heterocycles. The molecule has 0 radical (unpaired) electrons. The first-order valence-electron chi connectivity index (χ1n) is 10.0. The van der Waals surface area contributed by atoms with Crippen LogP contribution in [0.15, 0.2) is 58.6 Å². The van der Waals surface area contributed by atoms with Crippen LogP contribution in [-0.2, 0) is 4.79 Å². The van der Waals surface area contributed by atoms with Gasteiger partial charge in [0.05, 0.1) is 28.3 Å². The number of benzene rings is 2. The molecule has 0 aromatic heterocycles. The fourth-order valence-electron chi connectivity index (χ4n) is 4.38. The van der Waals surface area contributed by atoms with E-state index in [-0.39, 0.29) is 40.3 Å². The summed E-state index contributed by atoms with van der Waals surface area (Å²) in [4.78, 5) is 29.1. The first-order valence-corrected chi connectivity index (χ1v) is 12.0. The summed E-state index contributed by atoms with van der Waals surface area (Å²) in [5, 5.41) is 9.25. The molecule has 0 spiro atoms. The number of anilines is 1. The summed E-state index contributed by atoms with van der Waals surface area (Å²) < 4.78 is 47.4. The van der Waals surface area contributed by atoms with Crippen molar-refractivity contribution in [2.45, 2.75) is 30.2 Å². The zero-order valence-corrected chi connectivity index (χ0v) is 18.6. The molecule has 33 heavy (non-hydrogen) atoms. The number of hydrogen-bond donors (Lipinski definition) is 2. The molecule has 2 aliphatic rings. The molecular weight excluding hydrogens is 452 g/mol. The molecule has 2 N–H and O–H groups in total. The molecule has 0 fully saturated rings. The number of likely N-dealkylation sites (N-methyl/N-ethyl adjacent to an activating group) is 1. The second-order valence-corrected chi connectivity index (χ2v) is 10.1. The number of urea groups is 1. The zero-order chi connectivity index (χ0) is 24.1. The van der Waals surface area contributed by atoms with Gasteiger partial charge in [0.1, 0.15) is 0 Å². The summed E-state index contributed by atoms with van der Waals surface area (Å²) >= 11 is 0. The number of hydrogen-bond acceptors (Lipinski definition) is 5. The lowest BCUT2D eigenvalue weighted by Crippen LogP contribution is -2.48. The molecular formula is C23H21F2N3O4S. The summed E-state index contributed by atoms with van der Waals surface area (Å²) in [5.41, 5.74) is 1.22. The van der Waals surface area contributed by atoms with Crippen LogP contribution >= 0.6 is 10.6 Å². The predicted octanol–water partition coefficient (Wildman–Crippen LogP) is 5.47. The van der Waals surface area contributed by atoms with E-state index in [9.17, 15) is 32.7 Å². The number of allylic oxidation sites excluding steroid dienone is 1. The fraction of sp³-hybridized carbons (Fsp3) is 0.261. The van der Waals surface area contributed by atoms with E-state index in [0.717, 1.165) is 0 Å². The molecule has 7 nitrogen and oxygen atoms in total. The topological polar surface area (TPSA) is 105 Å². The minimum atomic E-state index is -3.30. The molecule has 1 aliphatic heterocycles. The van der Waals surface area contributed by atoms with Crippen LogP contribution in [0.1, 0.15) is 42.0 Å². The van der Waals surface area contributed by atoms with Crippen molar-refractivity contribution in [1.29, 1.82) is 5.26 Å². The van der Waals surface area contributed by atoms with Gasteiger partial charge in [-0.1, -0.05) is 18.2 Å².